The van der Waals surface area contributed by atoms with Crippen LogP contribution in [0.3, 0.4) is 0 Å². The van der Waals surface area contributed by atoms with E-state index in [0.29, 0.717) is 0 Å². The fourth-order valence-corrected chi connectivity index (χ4v) is 3.44. The molecule has 6 N–H and O–H groups in total. The van der Waals surface area contributed by atoms with Gasteiger partial charge in [-0.2, -0.15) is 17.6 Å². The van der Waals surface area contributed by atoms with Crippen LogP contribution >= 0.6 is 20.5 Å². The number of phosphoric acid groups is 1. The second kappa shape index (κ2) is 6.06. The minimum atomic E-state index is -4.73. The highest BCUT2D eigenvalue weighted by Crippen LogP contribution is 2.42. The first kappa shape index (κ1) is 18.3. The predicted octanol–water partition coefficient (Wildman–Crippen LogP) is -1.46. The number of imidazole rings is 1. The Morgan fingerprint density at radius 3 is 2.92 bits per heavy atom. The number of anilines is 1. The summed E-state index contributed by atoms with van der Waals surface area (Å²) in [5.74, 6) is -0.126. The molecular weight excluding hydrogens is 377 g/mol. The van der Waals surface area contributed by atoms with E-state index in [2.05, 4.69) is 32.1 Å². The van der Waals surface area contributed by atoms with Crippen LogP contribution in [0.25, 0.3) is 11.2 Å². The average Bonchev–Trinajstić information content (AvgIpc) is 3.01. The zero-order valence-electron chi connectivity index (χ0n) is 12.8. The van der Waals surface area contributed by atoms with Crippen molar-refractivity contribution in [1.29, 1.82) is 0 Å². The van der Waals surface area contributed by atoms with E-state index in [1.165, 1.54) is 10.9 Å². The molecule has 0 bridgehead atoms. The molecule has 4 atom stereocenters. The Morgan fingerprint density at radius 1 is 1.60 bits per heavy atom. The molecule has 3 rings (SSSR count). The number of rotatable bonds is 4. The molecule has 0 amide bonds. The summed E-state index contributed by atoms with van der Waals surface area (Å²) in [7, 11) is -4.73. The number of H-pyrrole nitrogens is 1. The zero-order valence-corrected chi connectivity index (χ0v) is 14.6. The second-order valence-corrected chi connectivity index (χ2v) is 7.47. The molecule has 138 valence electrons. The molecule has 0 saturated carbocycles. The van der Waals surface area contributed by atoms with Crippen molar-refractivity contribution in [2.75, 3.05) is 12.3 Å². The van der Waals surface area contributed by atoms with Crippen LogP contribution in [0.2, 0.25) is 0 Å². The summed E-state index contributed by atoms with van der Waals surface area (Å²) in [6.45, 7) is 1.01. The third-order valence-electron chi connectivity index (χ3n) is 3.95. The Balaban J connectivity index is 1.99. The van der Waals surface area contributed by atoms with Crippen molar-refractivity contribution in [3.8, 4) is 0 Å². The topological polar surface area (TPSA) is 186 Å². The van der Waals surface area contributed by atoms with Gasteiger partial charge in [0.1, 0.15) is 6.10 Å². The number of thiol groups is 1. The van der Waals surface area contributed by atoms with Crippen molar-refractivity contribution in [1.82, 2.24) is 19.5 Å². The number of nitrogens with zero attached hydrogens (tertiary/aromatic N) is 3. The number of nitrogen functional groups attached to an aromatic ring is 1. The fraction of sp³-hybridized carbons (Fsp3) is 0.545. The first-order valence-electron chi connectivity index (χ1n) is 7.00. The fourth-order valence-electron chi connectivity index (χ4n) is 2.72. The summed E-state index contributed by atoms with van der Waals surface area (Å²) in [4.78, 5) is 39.8. The van der Waals surface area contributed by atoms with Gasteiger partial charge in [0.15, 0.2) is 16.9 Å². The second-order valence-electron chi connectivity index (χ2n) is 5.67. The number of aromatic amines is 1. The normalized spacial score (nSPS) is 30.2. The van der Waals surface area contributed by atoms with E-state index in [1.807, 2.05) is 0 Å². The largest absolute Gasteiger partial charge is 0.469 e. The van der Waals surface area contributed by atoms with E-state index in [0.717, 1.165) is 0 Å². The molecule has 2 aromatic rings. The number of aliphatic hydroxyl groups is 1. The van der Waals surface area contributed by atoms with Crippen LogP contribution in [0.1, 0.15) is 6.92 Å². The maximum atomic E-state index is 11.9. The summed E-state index contributed by atoms with van der Waals surface area (Å²) < 4.78 is 22.4. The average molecular weight is 393 g/mol. The molecule has 12 nitrogen and oxygen atoms in total. The van der Waals surface area contributed by atoms with Crippen LogP contribution in [0.4, 0.5) is 5.95 Å². The lowest BCUT2D eigenvalue weighted by Gasteiger charge is -2.30. The van der Waals surface area contributed by atoms with Gasteiger partial charge < -0.3 is 25.4 Å². The van der Waals surface area contributed by atoms with Gasteiger partial charge in [-0.15, -0.1) is 0 Å². The number of nitrogens with one attached hydrogen (secondary N) is 1. The number of aromatic nitrogens is 4. The monoisotopic (exact) mass is 393 g/mol. The number of nitrogens with two attached hydrogens (primary N) is 1. The summed E-state index contributed by atoms with van der Waals surface area (Å²) in [5, 5.41) is 9.45. The van der Waals surface area contributed by atoms with Gasteiger partial charge >= 0.3 is 7.82 Å². The van der Waals surface area contributed by atoms with Gasteiger partial charge in [0.2, 0.25) is 5.95 Å². The SMILES string of the molecule is C[C@@]1(n2cnc3c(=O)[nH]c(N)nc32)O[C@H](COP(=O)(O)O)[C@@H](O)[C@H]1S. The highest BCUT2D eigenvalue weighted by Gasteiger charge is 2.52. The van der Waals surface area contributed by atoms with Gasteiger partial charge in [0, 0.05) is 0 Å². The maximum Gasteiger partial charge on any atom is 0.469 e. The molecule has 14 heteroatoms. The van der Waals surface area contributed by atoms with Gasteiger partial charge in [0.25, 0.3) is 5.56 Å². The Labute approximate surface area is 145 Å². The minimum Gasteiger partial charge on any atom is -0.389 e. The summed E-state index contributed by atoms with van der Waals surface area (Å²) in [6, 6.07) is 0. The highest BCUT2D eigenvalue weighted by atomic mass is 32.1. The zero-order chi connectivity index (χ0) is 18.6. The summed E-state index contributed by atoms with van der Waals surface area (Å²) in [5.41, 5.74) is 3.82. The van der Waals surface area contributed by atoms with Gasteiger partial charge in [0.05, 0.1) is 24.3 Å². The third kappa shape index (κ3) is 3.19. The lowest BCUT2D eigenvalue weighted by molar-refractivity contribution is -0.101. The van der Waals surface area contributed by atoms with Crippen molar-refractivity contribution < 1.29 is 28.7 Å². The molecule has 0 aliphatic carbocycles. The molecule has 1 aliphatic heterocycles. The number of fused-ring (bicyclic) bond motifs is 1. The minimum absolute atomic E-state index is 0.0176. The van der Waals surface area contributed by atoms with Gasteiger partial charge in [-0.25, -0.2) is 9.55 Å². The Morgan fingerprint density at radius 2 is 2.28 bits per heavy atom. The van der Waals surface area contributed by atoms with Crippen LogP contribution in [0, 0.1) is 0 Å². The molecule has 0 unspecified atom stereocenters. The van der Waals surface area contributed by atoms with Crippen LogP contribution in [0.5, 0.6) is 0 Å². The Bertz CT molecular complexity index is 912. The maximum absolute atomic E-state index is 11.9. The molecule has 1 aliphatic rings. The molecule has 0 radical (unpaired) electrons. The van der Waals surface area contributed by atoms with Crippen molar-refractivity contribution >= 4 is 37.6 Å². The molecule has 0 aromatic carbocycles. The smallest absolute Gasteiger partial charge is 0.389 e. The quantitative estimate of drug-likeness (QED) is 0.265. The third-order valence-corrected chi connectivity index (χ3v) is 5.22. The van der Waals surface area contributed by atoms with E-state index in [4.69, 9.17) is 20.3 Å². The Kier molecular flexibility index (Phi) is 4.44. The van der Waals surface area contributed by atoms with E-state index >= 15 is 0 Å². The molecular formula is C11H16N5O7PS. The first-order chi connectivity index (χ1) is 11.5. The van der Waals surface area contributed by atoms with E-state index in [1.54, 1.807) is 6.92 Å². The summed E-state index contributed by atoms with van der Waals surface area (Å²) in [6.07, 6.45) is -0.997. The van der Waals surface area contributed by atoms with E-state index in [9.17, 15) is 14.5 Å². The predicted molar refractivity (Wildman–Crippen MR) is 87.9 cm³/mol. The lowest BCUT2D eigenvalue weighted by Crippen LogP contribution is -2.39. The van der Waals surface area contributed by atoms with E-state index < -0.39 is 43.2 Å². The molecule has 2 aromatic heterocycles. The molecule has 1 fully saturated rings. The van der Waals surface area contributed by atoms with Gasteiger partial charge in [-0.3, -0.25) is 18.9 Å². The molecule has 0 spiro atoms. The van der Waals surface area contributed by atoms with Crippen molar-refractivity contribution in [2.45, 2.75) is 30.1 Å². The van der Waals surface area contributed by atoms with Crippen molar-refractivity contribution in [2.24, 2.45) is 0 Å². The molecule has 3 heterocycles. The number of aliphatic hydroxyl groups excluding tert-OH is 1. The number of phosphoric ester groups is 1. The molecule has 1 saturated heterocycles. The number of hydrogen-bond donors (Lipinski definition) is 6. The van der Waals surface area contributed by atoms with Crippen molar-refractivity contribution in [3.05, 3.63) is 16.7 Å². The number of ether oxygens (including phenoxy) is 1. The van der Waals surface area contributed by atoms with Gasteiger partial charge in [-0.05, 0) is 6.92 Å². The van der Waals surface area contributed by atoms with Crippen LogP contribution in [0.15, 0.2) is 11.1 Å². The lowest BCUT2D eigenvalue weighted by atomic mass is 10.1. The number of hydrogen-bond acceptors (Lipinski definition) is 9. The molecule has 25 heavy (non-hydrogen) atoms. The van der Waals surface area contributed by atoms with Crippen molar-refractivity contribution in [3.63, 3.8) is 0 Å². The van der Waals surface area contributed by atoms with Gasteiger partial charge in [-0.1, -0.05) is 0 Å². The first-order valence-corrected chi connectivity index (χ1v) is 9.05. The summed E-state index contributed by atoms with van der Waals surface area (Å²) >= 11 is 4.34. The van der Waals surface area contributed by atoms with Crippen LogP contribution < -0.4 is 11.3 Å². The Hall–Kier alpha value is -1.47. The van der Waals surface area contributed by atoms with Crippen LogP contribution in [-0.2, 0) is 19.6 Å². The highest BCUT2D eigenvalue weighted by molar-refractivity contribution is 7.81. The van der Waals surface area contributed by atoms with E-state index in [-0.39, 0.29) is 17.1 Å². The standard InChI is InChI=1S/C11H16N5O7PS/c1-11(7(25)6(17)4(23-11)2-22-24(19,20)21)16-3-13-5-8(16)14-10(12)15-9(5)18/h3-4,6-7,17,25H,2H2,1H3,(H2,19,20,21)(H3,12,14,15,18)/t4-,6-,7-,11-/m1/s1. The van der Waals surface area contributed by atoms with Crippen LogP contribution in [-0.4, -0.2) is 58.5 Å².